The summed E-state index contributed by atoms with van der Waals surface area (Å²) in [5.74, 6) is 0. The molecule has 3 heteroatoms. The molecule has 5 rings (SSSR count). The van der Waals surface area contributed by atoms with Crippen molar-refractivity contribution < 1.29 is 49.0 Å². The Morgan fingerprint density at radius 1 is 0.781 bits per heavy atom. The van der Waals surface area contributed by atoms with Crippen molar-refractivity contribution in [1.82, 2.24) is 0 Å². The fraction of sp³-hybridized carbons (Fsp3) is 0.172. The van der Waals surface area contributed by atoms with E-state index in [0.717, 1.165) is 6.42 Å². The van der Waals surface area contributed by atoms with E-state index in [1.165, 1.54) is 47.0 Å². The van der Waals surface area contributed by atoms with Crippen LogP contribution in [0.25, 0.3) is 27.1 Å². The molecule has 0 aromatic heterocycles. The second-order valence-corrected chi connectivity index (χ2v) is 10.2. The quantitative estimate of drug-likeness (QED) is 0.325. The second kappa shape index (κ2) is 13.8. The fourth-order valence-corrected chi connectivity index (χ4v) is 3.72. The van der Waals surface area contributed by atoms with Crippen LogP contribution < -0.4 is 24.8 Å². The molecule has 1 aliphatic rings. The van der Waals surface area contributed by atoms with Crippen LogP contribution in [-0.2, 0) is 24.2 Å². The molecule has 0 saturated carbocycles. The van der Waals surface area contributed by atoms with Crippen LogP contribution in [0.1, 0.15) is 37.0 Å². The van der Waals surface area contributed by atoms with Crippen molar-refractivity contribution in [3.05, 3.63) is 108 Å². The van der Waals surface area contributed by atoms with E-state index in [-0.39, 0.29) is 24.8 Å². The number of fused-ring (bicyclic) bond motifs is 3. The molecule has 0 aliphatic heterocycles. The maximum Gasteiger partial charge on any atom is -0.0508 e. The van der Waals surface area contributed by atoms with Crippen molar-refractivity contribution >= 4 is 30.3 Å². The van der Waals surface area contributed by atoms with Crippen LogP contribution >= 0.6 is 0 Å². The van der Waals surface area contributed by atoms with Gasteiger partial charge in [-0.2, -0.15) is 17.7 Å². The Morgan fingerprint density at radius 2 is 1.25 bits per heavy atom. The molecule has 0 N–H and O–H groups in total. The molecule has 4 aromatic rings. The van der Waals surface area contributed by atoms with Crippen molar-refractivity contribution in [2.24, 2.45) is 0 Å². The van der Waals surface area contributed by atoms with Gasteiger partial charge in [-0.05, 0) is 0 Å². The Balaban J connectivity index is 0.000000261. The van der Waals surface area contributed by atoms with Gasteiger partial charge in [-0.1, -0.05) is 86.0 Å². The average molecular weight is 539 g/mol. The summed E-state index contributed by atoms with van der Waals surface area (Å²) in [7, 11) is 0. The zero-order valence-corrected chi connectivity index (χ0v) is 23.0. The number of hydrogen-bond acceptors (Lipinski definition) is 0. The molecule has 32 heavy (non-hydrogen) atoms. The molecule has 0 nitrogen and oxygen atoms in total. The topological polar surface area (TPSA) is 0 Å². The molecule has 0 bridgehead atoms. The first-order valence-electron chi connectivity index (χ1n) is 10.4. The van der Waals surface area contributed by atoms with Gasteiger partial charge in [0.15, 0.2) is 0 Å². The maximum atomic E-state index is 3.36. The minimum absolute atomic E-state index is 0. The van der Waals surface area contributed by atoms with Crippen molar-refractivity contribution in [2.45, 2.75) is 34.1 Å². The van der Waals surface area contributed by atoms with Gasteiger partial charge in [0.25, 0.3) is 0 Å². The standard InChI is InChI=1S/C13H9.C13H13.C3H6.2ClH.Zr/c1-3-7-12-10(5-1)9-11-6-2-4-8-13(11)12;1-10-6-5-7-11(2)13(10)12-8-3-4-9-12;1-3-2;;;/h1-9H;3,5-8H,4H2,1-2H3;1-2H3;2*1H;/q2*-1;;;;+2/p-2. The van der Waals surface area contributed by atoms with Gasteiger partial charge in [-0.3, -0.25) is 0 Å². The van der Waals surface area contributed by atoms with E-state index in [4.69, 9.17) is 0 Å². The summed E-state index contributed by atoms with van der Waals surface area (Å²) in [6.07, 6.45) is 8.64. The summed E-state index contributed by atoms with van der Waals surface area (Å²) in [5.41, 5.74) is 5.30. The Hall–Kier alpha value is -1.66. The Morgan fingerprint density at radius 3 is 1.69 bits per heavy atom. The van der Waals surface area contributed by atoms with Crippen LogP contribution in [0.2, 0.25) is 0 Å². The van der Waals surface area contributed by atoms with Gasteiger partial charge in [-0.15, -0.1) is 51.4 Å². The van der Waals surface area contributed by atoms with Gasteiger partial charge >= 0.3 is 41.3 Å². The van der Waals surface area contributed by atoms with Crippen LogP contribution in [0.3, 0.4) is 0 Å². The molecular weight excluding hydrogens is 510 g/mol. The van der Waals surface area contributed by atoms with E-state index in [2.05, 4.69) is 119 Å². The third-order valence-electron chi connectivity index (χ3n) is 4.97. The average Bonchev–Trinajstić information content (AvgIpc) is 3.36. The monoisotopic (exact) mass is 536 g/mol. The molecule has 0 unspecified atom stereocenters. The van der Waals surface area contributed by atoms with E-state index in [9.17, 15) is 0 Å². The van der Waals surface area contributed by atoms with E-state index in [1.807, 2.05) is 0 Å². The van der Waals surface area contributed by atoms with Crippen molar-refractivity contribution in [2.75, 3.05) is 0 Å². The summed E-state index contributed by atoms with van der Waals surface area (Å²) in [6.45, 7) is 8.56. The molecule has 0 fully saturated rings. The van der Waals surface area contributed by atoms with Gasteiger partial charge in [0.1, 0.15) is 0 Å². The molecule has 0 heterocycles. The number of aryl methyl sites for hydroxylation is 2. The normalized spacial score (nSPS) is 11.4. The van der Waals surface area contributed by atoms with Crippen molar-refractivity contribution in [1.29, 1.82) is 0 Å². The van der Waals surface area contributed by atoms with Gasteiger partial charge < -0.3 is 24.8 Å². The van der Waals surface area contributed by atoms with E-state index < -0.39 is 0 Å². The van der Waals surface area contributed by atoms with Crippen LogP contribution in [-0.4, -0.2) is 3.21 Å². The van der Waals surface area contributed by atoms with E-state index in [1.54, 1.807) is 24.2 Å². The minimum atomic E-state index is 0. The van der Waals surface area contributed by atoms with Crippen LogP contribution in [0.5, 0.6) is 0 Å². The van der Waals surface area contributed by atoms with Gasteiger partial charge in [-0.25, -0.2) is 0 Å². The Labute approximate surface area is 219 Å². The molecule has 1 aliphatic carbocycles. The third-order valence-corrected chi connectivity index (χ3v) is 4.97. The summed E-state index contributed by atoms with van der Waals surface area (Å²) in [5, 5.41) is 5.39. The number of allylic oxidation sites excluding steroid dienone is 4. The largest absolute Gasteiger partial charge is 1.00 e. The zero-order chi connectivity index (χ0) is 21.5. The van der Waals surface area contributed by atoms with Crippen molar-refractivity contribution in [3.63, 3.8) is 0 Å². The molecule has 4 aromatic carbocycles. The van der Waals surface area contributed by atoms with E-state index >= 15 is 0 Å². The van der Waals surface area contributed by atoms with Gasteiger partial charge in [0, 0.05) is 0 Å². The Kier molecular flexibility index (Phi) is 12.2. The van der Waals surface area contributed by atoms with Crippen molar-refractivity contribution in [3.8, 4) is 0 Å². The molecule has 0 atom stereocenters. The van der Waals surface area contributed by atoms with Gasteiger partial charge in [0.2, 0.25) is 0 Å². The smallest absolute Gasteiger partial charge is 0.0508 e. The SMILES string of the molecule is C[C](C)=[Zr+2].Cc1cccc(C)c1C1=[C-]CC=C1.[Cl-].[Cl-].c1ccc2c(c1)[cH-]c1ccccc12. The predicted octanol–water partition coefficient (Wildman–Crippen LogP) is 1.92. The summed E-state index contributed by atoms with van der Waals surface area (Å²) < 4.78 is 1.51. The first-order chi connectivity index (χ1) is 14.5. The predicted molar refractivity (Wildman–Crippen MR) is 130 cm³/mol. The molecular formula is C29H28Cl2Zr-2. The van der Waals surface area contributed by atoms with Crippen LogP contribution in [0, 0.1) is 19.9 Å². The first kappa shape index (κ1) is 28.4. The molecule has 0 radical (unpaired) electrons. The molecule has 0 spiro atoms. The third kappa shape index (κ3) is 7.45. The number of hydrogen-bond donors (Lipinski definition) is 0. The number of rotatable bonds is 1. The number of halogens is 2. The van der Waals surface area contributed by atoms with E-state index in [0.29, 0.717) is 0 Å². The zero-order valence-electron chi connectivity index (χ0n) is 19.0. The molecule has 0 amide bonds. The fourth-order valence-electron chi connectivity index (χ4n) is 3.72. The Bertz CT molecular complexity index is 1150. The minimum Gasteiger partial charge on any atom is -1.00 e. The second-order valence-electron chi connectivity index (χ2n) is 7.78. The van der Waals surface area contributed by atoms with Gasteiger partial charge in [0.05, 0.1) is 0 Å². The summed E-state index contributed by atoms with van der Waals surface area (Å²) in [4.78, 5) is 0. The molecule has 0 saturated heterocycles. The summed E-state index contributed by atoms with van der Waals surface area (Å²) >= 11 is 1.55. The molecule has 164 valence electrons. The van der Waals surface area contributed by atoms with Crippen LogP contribution in [0.4, 0.5) is 0 Å². The number of benzene rings is 3. The first-order valence-corrected chi connectivity index (χ1v) is 11.6. The van der Waals surface area contributed by atoms with Crippen LogP contribution in [0.15, 0.2) is 84.9 Å². The maximum absolute atomic E-state index is 3.36. The summed E-state index contributed by atoms with van der Waals surface area (Å²) in [6, 6.07) is 25.7.